The molecule has 4 rings (SSSR count). The molecule has 0 aliphatic carbocycles. The third kappa shape index (κ3) is 4.03. The zero-order chi connectivity index (χ0) is 19.5. The van der Waals surface area contributed by atoms with E-state index in [1.165, 1.54) is 0 Å². The summed E-state index contributed by atoms with van der Waals surface area (Å²) in [5.74, 6) is 0.908. The van der Waals surface area contributed by atoms with Crippen molar-refractivity contribution in [2.24, 2.45) is 5.92 Å². The van der Waals surface area contributed by atoms with Crippen molar-refractivity contribution >= 4 is 11.8 Å². The van der Waals surface area contributed by atoms with E-state index in [1.807, 2.05) is 46.2 Å². The number of carbonyl (C=O) groups excluding carboxylic acids is 2. The van der Waals surface area contributed by atoms with E-state index in [0.29, 0.717) is 17.9 Å². The lowest BCUT2D eigenvalue weighted by atomic mass is 9.96. The first-order valence-corrected chi connectivity index (χ1v) is 10.1. The van der Waals surface area contributed by atoms with Crippen molar-refractivity contribution in [1.82, 2.24) is 9.80 Å². The minimum absolute atomic E-state index is 0.0555. The molecule has 0 saturated carbocycles. The summed E-state index contributed by atoms with van der Waals surface area (Å²) in [7, 11) is 0. The molecular weight excluding hydrogens is 352 g/mol. The molecule has 0 radical (unpaired) electrons. The SMILES string of the molecule is O=C1CCCN1CC1CCCN(C(=O)c2ccc(-c3cccc(O)c3)cc2)C1. The van der Waals surface area contributed by atoms with Crippen LogP contribution in [0, 0.1) is 5.92 Å². The van der Waals surface area contributed by atoms with Gasteiger partial charge in [-0.3, -0.25) is 9.59 Å². The van der Waals surface area contributed by atoms with Gasteiger partial charge in [0.2, 0.25) is 5.91 Å². The van der Waals surface area contributed by atoms with Crippen LogP contribution < -0.4 is 0 Å². The van der Waals surface area contributed by atoms with Gasteiger partial charge < -0.3 is 14.9 Å². The van der Waals surface area contributed by atoms with Gasteiger partial charge in [-0.05, 0) is 60.6 Å². The second kappa shape index (κ2) is 8.05. The lowest BCUT2D eigenvalue weighted by molar-refractivity contribution is -0.128. The fourth-order valence-electron chi connectivity index (χ4n) is 4.28. The zero-order valence-electron chi connectivity index (χ0n) is 16.0. The second-order valence-electron chi connectivity index (χ2n) is 7.83. The van der Waals surface area contributed by atoms with Crippen LogP contribution in [0.15, 0.2) is 48.5 Å². The summed E-state index contributed by atoms with van der Waals surface area (Å²) in [6, 6.07) is 14.7. The molecule has 0 spiro atoms. The Morgan fingerprint density at radius 2 is 1.86 bits per heavy atom. The molecule has 2 amide bonds. The van der Waals surface area contributed by atoms with Crippen LogP contribution in [0.5, 0.6) is 5.75 Å². The standard InChI is InChI=1S/C23H26N2O3/c26-21-6-1-5-20(14-21)18-8-10-19(11-9-18)23(28)25-13-2-4-17(16-25)15-24-12-3-7-22(24)27/h1,5-6,8-11,14,17,26H,2-4,7,12-13,15-16H2. The number of phenols is 1. The first-order valence-electron chi connectivity index (χ1n) is 10.1. The van der Waals surface area contributed by atoms with E-state index in [0.717, 1.165) is 56.6 Å². The number of aromatic hydroxyl groups is 1. The fraction of sp³-hybridized carbons (Fsp3) is 0.391. The third-order valence-corrected chi connectivity index (χ3v) is 5.77. The Kier molecular flexibility index (Phi) is 5.33. The van der Waals surface area contributed by atoms with E-state index in [4.69, 9.17) is 0 Å². The second-order valence-corrected chi connectivity index (χ2v) is 7.83. The molecule has 2 aromatic carbocycles. The van der Waals surface area contributed by atoms with Gasteiger partial charge >= 0.3 is 0 Å². The Hall–Kier alpha value is -2.82. The van der Waals surface area contributed by atoms with Gasteiger partial charge in [-0.25, -0.2) is 0 Å². The van der Waals surface area contributed by atoms with E-state index in [1.54, 1.807) is 12.1 Å². The molecule has 5 nitrogen and oxygen atoms in total. The van der Waals surface area contributed by atoms with Gasteiger partial charge in [0, 0.05) is 38.2 Å². The van der Waals surface area contributed by atoms with Crippen LogP contribution in [-0.2, 0) is 4.79 Å². The largest absolute Gasteiger partial charge is 0.508 e. The van der Waals surface area contributed by atoms with Gasteiger partial charge in [-0.2, -0.15) is 0 Å². The highest BCUT2D eigenvalue weighted by molar-refractivity contribution is 5.94. The summed E-state index contributed by atoms with van der Waals surface area (Å²) in [5.41, 5.74) is 2.57. The van der Waals surface area contributed by atoms with E-state index in [9.17, 15) is 14.7 Å². The molecule has 0 aromatic heterocycles. The van der Waals surface area contributed by atoms with Gasteiger partial charge in [-0.1, -0.05) is 24.3 Å². The van der Waals surface area contributed by atoms with Crippen molar-refractivity contribution in [2.45, 2.75) is 25.7 Å². The molecule has 2 aliphatic heterocycles. The number of nitrogens with zero attached hydrogens (tertiary/aromatic N) is 2. The summed E-state index contributed by atoms with van der Waals surface area (Å²) in [6.45, 7) is 3.13. The summed E-state index contributed by atoms with van der Waals surface area (Å²) in [6.07, 6.45) is 3.68. The van der Waals surface area contributed by atoms with Crippen LogP contribution in [0.2, 0.25) is 0 Å². The highest BCUT2D eigenvalue weighted by Gasteiger charge is 2.28. The summed E-state index contributed by atoms with van der Waals surface area (Å²) >= 11 is 0. The van der Waals surface area contributed by atoms with Gasteiger partial charge in [0.25, 0.3) is 5.91 Å². The van der Waals surface area contributed by atoms with Gasteiger partial charge in [0.05, 0.1) is 0 Å². The smallest absolute Gasteiger partial charge is 0.253 e. The summed E-state index contributed by atoms with van der Waals surface area (Å²) < 4.78 is 0. The number of amides is 2. The minimum Gasteiger partial charge on any atom is -0.508 e. The molecule has 0 bridgehead atoms. The van der Waals surface area contributed by atoms with Crippen LogP contribution in [-0.4, -0.2) is 52.9 Å². The van der Waals surface area contributed by atoms with E-state index in [2.05, 4.69) is 0 Å². The Labute approximate surface area is 165 Å². The molecule has 1 unspecified atom stereocenters. The third-order valence-electron chi connectivity index (χ3n) is 5.77. The van der Waals surface area contributed by atoms with Crippen molar-refractivity contribution in [1.29, 1.82) is 0 Å². The van der Waals surface area contributed by atoms with E-state index in [-0.39, 0.29) is 17.6 Å². The van der Waals surface area contributed by atoms with Crippen molar-refractivity contribution in [3.05, 3.63) is 54.1 Å². The van der Waals surface area contributed by atoms with Crippen LogP contribution in [0.4, 0.5) is 0 Å². The Bertz CT molecular complexity index is 862. The van der Waals surface area contributed by atoms with Crippen LogP contribution >= 0.6 is 0 Å². The Morgan fingerprint density at radius 3 is 2.57 bits per heavy atom. The Morgan fingerprint density at radius 1 is 1.04 bits per heavy atom. The molecular formula is C23H26N2O3. The van der Waals surface area contributed by atoms with Gasteiger partial charge in [0.15, 0.2) is 0 Å². The topological polar surface area (TPSA) is 60.9 Å². The lowest BCUT2D eigenvalue weighted by Crippen LogP contribution is -2.44. The molecule has 2 aliphatic rings. The van der Waals surface area contributed by atoms with Gasteiger partial charge in [0.1, 0.15) is 5.75 Å². The number of likely N-dealkylation sites (tertiary alicyclic amines) is 2. The zero-order valence-corrected chi connectivity index (χ0v) is 16.0. The predicted octanol–water partition coefficient (Wildman–Crippen LogP) is 3.53. The molecule has 2 saturated heterocycles. The maximum absolute atomic E-state index is 13.0. The molecule has 1 N–H and O–H groups in total. The number of rotatable bonds is 4. The maximum Gasteiger partial charge on any atom is 0.253 e. The number of carbonyl (C=O) groups is 2. The molecule has 2 fully saturated rings. The monoisotopic (exact) mass is 378 g/mol. The van der Waals surface area contributed by atoms with Crippen molar-refractivity contribution in [3.8, 4) is 16.9 Å². The van der Waals surface area contributed by atoms with Gasteiger partial charge in [-0.15, -0.1) is 0 Å². The normalized spacial score (nSPS) is 19.9. The van der Waals surface area contributed by atoms with E-state index < -0.39 is 0 Å². The number of phenolic OH excluding ortho intramolecular Hbond substituents is 1. The summed E-state index contributed by atoms with van der Waals surface area (Å²) in [5, 5.41) is 9.65. The quantitative estimate of drug-likeness (QED) is 0.885. The Balaban J connectivity index is 1.41. The van der Waals surface area contributed by atoms with Crippen molar-refractivity contribution in [3.63, 3.8) is 0 Å². The molecule has 2 heterocycles. The van der Waals surface area contributed by atoms with Crippen LogP contribution in [0.25, 0.3) is 11.1 Å². The molecule has 146 valence electrons. The highest BCUT2D eigenvalue weighted by Crippen LogP contribution is 2.25. The first-order chi connectivity index (χ1) is 13.6. The first kappa shape index (κ1) is 18.5. The predicted molar refractivity (Wildman–Crippen MR) is 108 cm³/mol. The van der Waals surface area contributed by atoms with Crippen molar-refractivity contribution < 1.29 is 14.7 Å². The summed E-state index contributed by atoms with van der Waals surface area (Å²) in [4.78, 5) is 28.7. The number of hydrogen-bond donors (Lipinski definition) is 1. The van der Waals surface area contributed by atoms with Crippen molar-refractivity contribution in [2.75, 3.05) is 26.2 Å². The fourth-order valence-corrected chi connectivity index (χ4v) is 4.28. The van der Waals surface area contributed by atoms with Crippen LogP contribution in [0.1, 0.15) is 36.0 Å². The van der Waals surface area contributed by atoms with Crippen LogP contribution in [0.3, 0.4) is 0 Å². The molecule has 5 heteroatoms. The van der Waals surface area contributed by atoms with E-state index >= 15 is 0 Å². The number of benzene rings is 2. The molecule has 1 atom stereocenters. The maximum atomic E-state index is 13.0. The number of hydrogen-bond acceptors (Lipinski definition) is 3. The highest BCUT2D eigenvalue weighted by atomic mass is 16.3. The minimum atomic E-state index is 0.0555. The molecule has 28 heavy (non-hydrogen) atoms. The lowest BCUT2D eigenvalue weighted by Gasteiger charge is -2.34. The molecule has 2 aromatic rings. The average molecular weight is 378 g/mol. The average Bonchev–Trinajstić information content (AvgIpc) is 3.12. The number of piperidine rings is 1.